The lowest BCUT2D eigenvalue weighted by Crippen LogP contribution is -2.27. The maximum atomic E-state index is 13.4. The van der Waals surface area contributed by atoms with Crippen LogP contribution in [0.1, 0.15) is 33.9 Å². The second-order valence-electron chi connectivity index (χ2n) is 7.68. The number of benzene rings is 4. The van der Waals surface area contributed by atoms with Crippen LogP contribution in [0, 0.1) is 0 Å². The third-order valence-electron chi connectivity index (χ3n) is 5.78. The number of amides is 1. The number of rotatable bonds is 1. The highest BCUT2D eigenvalue weighted by Crippen LogP contribution is 2.37. The lowest BCUT2D eigenvalue weighted by atomic mass is 9.96. The monoisotopic (exact) mass is 390 g/mol. The molecule has 1 unspecified atom stereocenters. The smallest absolute Gasteiger partial charge is 0.274 e. The lowest BCUT2D eigenvalue weighted by molar-refractivity contribution is 0.0711. The van der Waals surface area contributed by atoms with Crippen LogP contribution in [-0.4, -0.2) is 16.6 Å². The molecule has 0 saturated carbocycles. The van der Waals surface area contributed by atoms with E-state index in [1.54, 1.807) is 17.1 Å². The Hall–Kier alpha value is -3.92. The van der Waals surface area contributed by atoms with Gasteiger partial charge in [-0.3, -0.25) is 4.79 Å². The normalized spacial score (nSPS) is 17.3. The molecule has 0 aliphatic carbocycles. The minimum absolute atomic E-state index is 0.108. The molecule has 1 atom stereocenters. The van der Waals surface area contributed by atoms with Gasteiger partial charge in [-0.2, -0.15) is 5.10 Å². The topological polar surface area (TPSA) is 41.9 Å². The molecule has 0 spiro atoms. The summed E-state index contributed by atoms with van der Waals surface area (Å²) >= 11 is 0. The van der Waals surface area contributed by atoms with E-state index in [-0.39, 0.29) is 11.9 Å². The number of fused-ring (bicyclic) bond motifs is 2. The molecular weight excluding hydrogens is 372 g/mol. The second-order valence-corrected chi connectivity index (χ2v) is 7.68. The van der Waals surface area contributed by atoms with Crippen molar-refractivity contribution in [2.45, 2.75) is 12.5 Å². The summed E-state index contributed by atoms with van der Waals surface area (Å²) in [6.45, 7) is 0. The zero-order valence-electron chi connectivity index (χ0n) is 16.2. The molecule has 3 aliphatic rings. The van der Waals surface area contributed by atoms with Gasteiger partial charge in [0.2, 0.25) is 0 Å². The van der Waals surface area contributed by atoms with Crippen LogP contribution in [0.15, 0.2) is 96.1 Å². The molecule has 0 aromatic heterocycles. The maximum absolute atomic E-state index is 13.4. The molecular formula is C26H18N2O2. The van der Waals surface area contributed by atoms with E-state index in [0.717, 1.165) is 33.4 Å². The van der Waals surface area contributed by atoms with Crippen LogP contribution in [0.3, 0.4) is 0 Å². The first-order valence-corrected chi connectivity index (χ1v) is 10.0. The van der Waals surface area contributed by atoms with E-state index in [4.69, 9.17) is 9.84 Å². The van der Waals surface area contributed by atoms with Crippen molar-refractivity contribution < 1.29 is 9.53 Å². The van der Waals surface area contributed by atoms with E-state index in [2.05, 4.69) is 24.3 Å². The van der Waals surface area contributed by atoms with E-state index in [0.29, 0.717) is 17.7 Å². The van der Waals surface area contributed by atoms with E-state index >= 15 is 0 Å². The van der Waals surface area contributed by atoms with Gasteiger partial charge in [-0.25, -0.2) is 5.01 Å². The van der Waals surface area contributed by atoms with Crippen molar-refractivity contribution in [3.8, 4) is 11.5 Å². The van der Waals surface area contributed by atoms with Crippen molar-refractivity contribution >= 4 is 22.4 Å². The molecule has 4 aromatic rings. The van der Waals surface area contributed by atoms with Crippen molar-refractivity contribution in [3.05, 3.63) is 108 Å². The van der Waals surface area contributed by atoms with Gasteiger partial charge in [0, 0.05) is 12.0 Å². The molecule has 0 N–H and O–H groups in total. The summed E-state index contributed by atoms with van der Waals surface area (Å²) in [7, 11) is 0. The molecule has 0 radical (unpaired) electrons. The Morgan fingerprint density at radius 2 is 1.53 bits per heavy atom. The van der Waals surface area contributed by atoms with Crippen LogP contribution in [-0.2, 0) is 0 Å². The molecule has 3 aliphatic heterocycles. The highest BCUT2D eigenvalue weighted by molar-refractivity contribution is 6.05. The summed E-state index contributed by atoms with van der Waals surface area (Å²) in [6.07, 6.45) is 0.676. The number of carbonyl (C=O) groups excluding carboxylic acids is 1. The zero-order valence-corrected chi connectivity index (χ0v) is 16.2. The summed E-state index contributed by atoms with van der Waals surface area (Å²) in [5, 5.41) is 8.64. The minimum Gasteiger partial charge on any atom is -0.457 e. The molecule has 4 heteroatoms. The van der Waals surface area contributed by atoms with Crippen LogP contribution in [0.2, 0.25) is 0 Å². The first kappa shape index (κ1) is 17.0. The van der Waals surface area contributed by atoms with E-state index in [9.17, 15) is 4.79 Å². The first-order valence-electron chi connectivity index (χ1n) is 10.0. The van der Waals surface area contributed by atoms with Gasteiger partial charge >= 0.3 is 0 Å². The fourth-order valence-electron chi connectivity index (χ4n) is 4.21. The molecule has 144 valence electrons. The molecule has 4 aromatic carbocycles. The summed E-state index contributed by atoms with van der Waals surface area (Å²) in [4.78, 5) is 13.4. The predicted octanol–water partition coefficient (Wildman–Crippen LogP) is 5.94. The van der Waals surface area contributed by atoms with Gasteiger partial charge < -0.3 is 4.74 Å². The van der Waals surface area contributed by atoms with Crippen molar-refractivity contribution in [1.82, 2.24) is 5.01 Å². The Kier molecular flexibility index (Phi) is 3.71. The Labute approximate surface area is 174 Å². The third kappa shape index (κ3) is 2.77. The SMILES string of the molecule is O=C1c2ccc(cc2)Oc2ccc3ccc(cc3c2)C2CC(c3ccccc3)=NN12. The van der Waals surface area contributed by atoms with Crippen LogP contribution in [0.25, 0.3) is 10.8 Å². The lowest BCUT2D eigenvalue weighted by Gasteiger charge is -2.22. The molecule has 1 amide bonds. The van der Waals surface area contributed by atoms with Crippen LogP contribution in [0.4, 0.5) is 0 Å². The highest BCUT2D eigenvalue weighted by Gasteiger charge is 2.34. The van der Waals surface area contributed by atoms with Gasteiger partial charge in [0.05, 0.1) is 11.8 Å². The zero-order chi connectivity index (χ0) is 20.1. The fourth-order valence-corrected chi connectivity index (χ4v) is 4.21. The van der Waals surface area contributed by atoms with Crippen molar-refractivity contribution in [3.63, 3.8) is 0 Å². The Morgan fingerprint density at radius 1 is 0.767 bits per heavy atom. The number of carbonyl (C=O) groups is 1. The maximum Gasteiger partial charge on any atom is 0.274 e. The summed E-state index contributed by atoms with van der Waals surface area (Å²) in [5.74, 6) is 1.37. The third-order valence-corrected chi connectivity index (χ3v) is 5.78. The van der Waals surface area contributed by atoms with Gasteiger partial charge in [0.1, 0.15) is 11.5 Å². The number of hydrazone groups is 1. The molecule has 4 nitrogen and oxygen atoms in total. The highest BCUT2D eigenvalue weighted by atomic mass is 16.5. The molecule has 0 fully saturated rings. The number of hydrogen-bond donors (Lipinski definition) is 0. The van der Waals surface area contributed by atoms with Gasteiger partial charge in [-0.05, 0) is 64.4 Å². The van der Waals surface area contributed by atoms with Crippen molar-refractivity contribution in [2.24, 2.45) is 5.10 Å². The molecule has 3 heterocycles. The van der Waals surface area contributed by atoms with Crippen molar-refractivity contribution in [1.29, 1.82) is 0 Å². The summed E-state index contributed by atoms with van der Waals surface area (Å²) in [6, 6.07) is 29.6. The predicted molar refractivity (Wildman–Crippen MR) is 117 cm³/mol. The first-order chi connectivity index (χ1) is 14.7. The van der Waals surface area contributed by atoms with Gasteiger partial charge in [0.15, 0.2) is 0 Å². The van der Waals surface area contributed by atoms with Crippen molar-refractivity contribution in [2.75, 3.05) is 0 Å². The molecule has 0 saturated heterocycles. The van der Waals surface area contributed by atoms with E-state index < -0.39 is 0 Å². The number of hydrogen-bond acceptors (Lipinski definition) is 3. The van der Waals surface area contributed by atoms with E-state index in [1.165, 1.54) is 0 Å². The minimum atomic E-state index is -0.151. The van der Waals surface area contributed by atoms with Gasteiger partial charge in [-0.15, -0.1) is 0 Å². The summed E-state index contributed by atoms with van der Waals surface area (Å²) < 4.78 is 6.00. The molecule has 30 heavy (non-hydrogen) atoms. The van der Waals surface area contributed by atoms with Gasteiger partial charge in [-0.1, -0.05) is 48.5 Å². The quantitative estimate of drug-likeness (QED) is 0.404. The number of nitrogens with zero attached hydrogens (tertiary/aromatic N) is 2. The Morgan fingerprint density at radius 3 is 2.37 bits per heavy atom. The Bertz CT molecular complexity index is 1310. The average molecular weight is 390 g/mol. The van der Waals surface area contributed by atoms with Crippen LogP contribution >= 0.6 is 0 Å². The number of ether oxygens (including phenoxy) is 1. The average Bonchev–Trinajstić information content (AvgIpc) is 3.24. The second kappa shape index (κ2) is 6.56. The molecule has 7 rings (SSSR count). The van der Waals surface area contributed by atoms with E-state index in [1.807, 2.05) is 54.6 Å². The molecule has 5 bridgehead atoms. The standard InChI is InChI=1S/C26H18N2O2/c29-26-19-9-11-22(12-10-19)30-23-13-8-17-6-7-20(14-21(17)15-23)25-16-24(27-28(25)26)18-4-2-1-3-5-18/h1-15,25H,16H2. The largest absolute Gasteiger partial charge is 0.457 e. The summed E-state index contributed by atoms with van der Waals surface area (Å²) in [5.41, 5.74) is 3.63. The Balaban J connectivity index is 1.55. The van der Waals surface area contributed by atoms with Crippen LogP contribution < -0.4 is 4.74 Å². The fraction of sp³-hybridized carbons (Fsp3) is 0.0769. The van der Waals surface area contributed by atoms with Gasteiger partial charge in [0.25, 0.3) is 5.91 Å². The van der Waals surface area contributed by atoms with Crippen LogP contribution in [0.5, 0.6) is 11.5 Å².